The second-order valence-electron chi connectivity index (χ2n) is 10.2. The fourth-order valence-electron chi connectivity index (χ4n) is 3.49. The summed E-state index contributed by atoms with van der Waals surface area (Å²) >= 11 is 1.26. The minimum absolute atomic E-state index is 0.0212. The van der Waals surface area contributed by atoms with Crippen LogP contribution in [0.3, 0.4) is 0 Å². The zero-order valence-electron chi connectivity index (χ0n) is 31.5. The van der Waals surface area contributed by atoms with E-state index in [1.54, 1.807) is 6.92 Å². The highest BCUT2D eigenvalue weighted by atomic mass is 32.2. The predicted octanol–water partition coefficient (Wildman–Crippen LogP) is 0.507. The van der Waals surface area contributed by atoms with E-state index in [0.29, 0.717) is 204 Å². The Morgan fingerprint density at radius 3 is 0.615 bits per heavy atom. The van der Waals surface area contributed by atoms with E-state index in [-0.39, 0.29) is 11.7 Å². The maximum atomic E-state index is 10.8. The van der Waals surface area contributed by atoms with Crippen LogP contribution in [0.15, 0.2) is 0 Å². The molecule has 0 aromatic carbocycles. The molecule has 0 rings (SSSR count). The molecule has 0 aromatic rings. The SMILES string of the molecule is CC(=O)SCCOCCOCCOCCOCCOCCOCCOCCOCCOCCOCCOCCOCCOCCOCCOCCO. The van der Waals surface area contributed by atoms with Crippen molar-refractivity contribution in [2.24, 2.45) is 0 Å². The monoisotopic (exact) mass is 780 g/mol. The Hall–Kier alpha value is -0.620. The fourth-order valence-corrected chi connectivity index (χ4v) is 3.98. The van der Waals surface area contributed by atoms with Gasteiger partial charge in [-0.05, 0) is 0 Å². The largest absolute Gasteiger partial charge is 0.394 e. The van der Waals surface area contributed by atoms with Gasteiger partial charge in [-0.2, -0.15) is 0 Å². The zero-order valence-corrected chi connectivity index (χ0v) is 32.3. The van der Waals surface area contributed by atoms with Gasteiger partial charge in [-0.1, -0.05) is 11.8 Å². The van der Waals surface area contributed by atoms with E-state index in [0.717, 1.165) is 0 Å². The molecule has 52 heavy (non-hydrogen) atoms. The van der Waals surface area contributed by atoms with Gasteiger partial charge in [0.1, 0.15) is 0 Å². The van der Waals surface area contributed by atoms with Crippen molar-refractivity contribution in [3.8, 4) is 0 Å². The highest BCUT2D eigenvalue weighted by Gasteiger charge is 1.98. The second-order valence-corrected chi connectivity index (χ2v) is 11.5. The number of rotatable bonds is 47. The lowest BCUT2D eigenvalue weighted by Crippen LogP contribution is -2.15. The molecule has 0 atom stereocenters. The third-order valence-electron chi connectivity index (χ3n) is 5.98. The summed E-state index contributed by atoms with van der Waals surface area (Å²) in [6, 6.07) is 0. The van der Waals surface area contributed by atoms with Crippen molar-refractivity contribution in [1.82, 2.24) is 0 Å². The molecule has 18 heteroatoms. The first-order valence-electron chi connectivity index (χ1n) is 18.2. The van der Waals surface area contributed by atoms with Crippen LogP contribution in [0.5, 0.6) is 0 Å². The van der Waals surface area contributed by atoms with E-state index in [1.807, 2.05) is 0 Å². The van der Waals surface area contributed by atoms with Gasteiger partial charge < -0.3 is 76.2 Å². The number of carbonyl (C=O) groups is 1. The number of aliphatic hydroxyl groups excluding tert-OH is 1. The molecule has 0 aliphatic rings. The fraction of sp³-hybridized carbons (Fsp3) is 0.971. The average Bonchev–Trinajstić information content (AvgIpc) is 3.14. The number of aliphatic hydroxyl groups is 1. The van der Waals surface area contributed by atoms with Crippen molar-refractivity contribution in [3.05, 3.63) is 0 Å². The van der Waals surface area contributed by atoms with Gasteiger partial charge in [0, 0.05) is 12.7 Å². The number of carbonyl (C=O) groups excluding carboxylic acids is 1. The smallest absolute Gasteiger partial charge is 0.185 e. The van der Waals surface area contributed by atoms with Gasteiger partial charge in [-0.15, -0.1) is 0 Å². The lowest BCUT2D eigenvalue weighted by atomic mass is 10.6. The van der Waals surface area contributed by atoms with E-state index in [2.05, 4.69) is 0 Å². The molecular formula is C34H68O17S. The molecule has 0 amide bonds. The normalized spacial score (nSPS) is 11.6. The molecule has 0 fully saturated rings. The van der Waals surface area contributed by atoms with Gasteiger partial charge in [0.25, 0.3) is 0 Å². The summed E-state index contributed by atoms with van der Waals surface area (Å²) in [6.07, 6.45) is 0. The van der Waals surface area contributed by atoms with Crippen LogP contribution in [0.4, 0.5) is 0 Å². The van der Waals surface area contributed by atoms with Crippen LogP contribution in [0, 0.1) is 0 Å². The van der Waals surface area contributed by atoms with Crippen LogP contribution in [0.2, 0.25) is 0 Å². The Morgan fingerprint density at radius 1 is 0.308 bits per heavy atom. The number of ether oxygens (including phenoxy) is 15. The van der Waals surface area contributed by atoms with Gasteiger partial charge in [0.15, 0.2) is 5.12 Å². The number of thioether (sulfide) groups is 1. The summed E-state index contributed by atoms with van der Waals surface area (Å²) < 4.78 is 81.3. The van der Waals surface area contributed by atoms with Gasteiger partial charge in [0.2, 0.25) is 0 Å². The second kappa shape index (κ2) is 48.4. The first-order chi connectivity index (χ1) is 25.8. The molecule has 0 unspecified atom stereocenters. The van der Waals surface area contributed by atoms with Crippen molar-refractivity contribution in [1.29, 1.82) is 0 Å². The van der Waals surface area contributed by atoms with E-state index >= 15 is 0 Å². The van der Waals surface area contributed by atoms with Crippen molar-refractivity contribution >= 4 is 16.9 Å². The molecule has 0 bridgehead atoms. The summed E-state index contributed by atoms with van der Waals surface area (Å²) in [7, 11) is 0. The minimum atomic E-state index is 0.0212. The molecule has 0 spiro atoms. The Labute approximate surface area is 315 Å². The third kappa shape index (κ3) is 49.4. The molecule has 0 saturated carbocycles. The standard InChI is InChI=1S/C34H68O17S/c1-34(36)52-33-32-51-31-30-50-29-28-49-27-26-48-25-24-47-23-22-46-21-20-45-19-18-44-17-16-43-15-14-42-13-12-41-11-10-40-9-8-39-7-6-38-5-4-37-3-2-35/h35H,2-33H2,1H3. The maximum absolute atomic E-state index is 10.8. The van der Waals surface area contributed by atoms with E-state index < -0.39 is 0 Å². The number of hydrogen-bond donors (Lipinski definition) is 1. The number of hydrogen-bond acceptors (Lipinski definition) is 18. The lowest BCUT2D eigenvalue weighted by Gasteiger charge is -2.09. The van der Waals surface area contributed by atoms with Crippen molar-refractivity contribution in [3.63, 3.8) is 0 Å². The van der Waals surface area contributed by atoms with Crippen LogP contribution < -0.4 is 0 Å². The molecule has 0 aliphatic carbocycles. The minimum Gasteiger partial charge on any atom is -0.394 e. The van der Waals surface area contributed by atoms with E-state index in [9.17, 15) is 4.79 Å². The third-order valence-corrected chi connectivity index (χ3v) is 6.75. The zero-order chi connectivity index (χ0) is 37.5. The van der Waals surface area contributed by atoms with Gasteiger partial charge in [-0.3, -0.25) is 4.79 Å². The first kappa shape index (κ1) is 51.4. The Bertz CT molecular complexity index is 671. The average molecular weight is 781 g/mol. The molecule has 17 nitrogen and oxygen atoms in total. The highest BCUT2D eigenvalue weighted by Crippen LogP contribution is 1.99. The predicted molar refractivity (Wildman–Crippen MR) is 193 cm³/mol. The van der Waals surface area contributed by atoms with Crippen molar-refractivity contribution < 1.29 is 81.0 Å². The lowest BCUT2D eigenvalue weighted by molar-refractivity contribution is -0.109. The van der Waals surface area contributed by atoms with Gasteiger partial charge in [0.05, 0.1) is 205 Å². The summed E-state index contributed by atoms with van der Waals surface area (Å²) in [5, 5.41) is 8.69. The molecule has 0 saturated heterocycles. The van der Waals surface area contributed by atoms with Crippen LogP contribution in [-0.2, 0) is 75.8 Å². The molecule has 0 aromatic heterocycles. The summed E-state index contributed by atoms with van der Waals surface area (Å²) in [5.74, 6) is 0.670. The quantitative estimate of drug-likeness (QED) is 0.0845. The molecular weight excluding hydrogens is 712 g/mol. The van der Waals surface area contributed by atoms with Crippen LogP contribution in [0.1, 0.15) is 6.92 Å². The molecule has 1 N–H and O–H groups in total. The topological polar surface area (TPSA) is 176 Å². The Balaban J connectivity index is 3.05. The molecule has 0 radical (unpaired) electrons. The van der Waals surface area contributed by atoms with Gasteiger partial charge >= 0.3 is 0 Å². The van der Waals surface area contributed by atoms with Crippen molar-refractivity contribution in [2.75, 3.05) is 211 Å². The molecule has 0 heterocycles. The Morgan fingerprint density at radius 2 is 0.462 bits per heavy atom. The highest BCUT2D eigenvalue weighted by molar-refractivity contribution is 8.13. The summed E-state index contributed by atoms with van der Waals surface area (Å²) in [6.45, 7) is 16.3. The molecule has 0 aliphatic heterocycles. The summed E-state index contributed by atoms with van der Waals surface area (Å²) in [5.41, 5.74) is 0. The van der Waals surface area contributed by atoms with Crippen LogP contribution >= 0.6 is 11.8 Å². The van der Waals surface area contributed by atoms with E-state index in [1.165, 1.54) is 11.8 Å². The molecule has 312 valence electrons. The van der Waals surface area contributed by atoms with Gasteiger partial charge in [-0.25, -0.2) is 0 Å². The maximum Gasteiger partial charge on any atom is 0.185 e. The van der Waals surface area contributed by atoms with E-state index in [4.69, 9.17) is 76.2 Å². The Kier molecular flexibility index (Phi) is 47.8. The first-order valence-corrected chi connectivity index (χ1v) is 19.2. The van der Waals surface area contributed by atoms with Crippen LogP contribution in [0.25, 0.3) is 0 Å². The van der Waals surface area contributed by atoms with Crippen molar-refractivity contribution in [2.45, 2.75) is 6.92 Å². The van der Waals surface area contributed by atoms with Crippen LogP contribution in [-0.4, -0.2) is 221 Å². The summed E-state index contributed by atoms with van der Waals surface area (Å²) in [4.78, 5) is 10.8.